The van der Waals surface area contributed by atoms with Gasteiger partial charge in [-0.1, -0.05) is 6.07 Å². The lowest BCUT2D eigenvalue weighted by molar-refractivity contribution is 0.0952. The number of nitrogens with zero attached hydrogens (tertiary/aromatic N) is 3. The largest absolute Gasteiger partial charge is 0.352 e. The van der Waals surface area contributed by atoms with E-state index < -0.39 is 0 Å². The van der Waals surface area contributed by atoms with Crippen LogP contribution in [0.25, 0.3) is 0 Å². The molecule has 3 amide bonds. The van der Waals surface area contributed by atoms with E-state index in [0.717, 1.165) is 31.6 Å². The Morgan fingerprint density at radius 3 is 2.83 bits per heavy atom. The van der Waals surface area contributed by atoms with Crippen LogP contribution in [0.3, 0.4) is 0 Å². The summed E-state index contributed by atoms with van der Waals surface area (Å²) < 4.78 is 3.24. The van der Waals surface area contributed by atoms with Gasteiger partial charge in [0.15, 0.2) is 0 Å². The summed E-state index contributed by atoms with van der Waals surface area (Å²) in [4.78, 5) is 36.5. The van der Waals surface area contributed by atoms with Crippen LogP contribution in [0.5, 0.6) is 0 Å². The summed E-state index contributed by atoms with van der Waals surface area (Å²) in [6.07, 6.45) is 3.54. The van der Waals surface area contributed by atoms with E-state index in [0.29, 0.717) is 30.8 Å². The average molecular weight is 400 g/mol. The van der Waals surface area contributed by atoms with Crippen LogP contribution < -0.4 is 21.6 Å². The lowest BCUT2D eigenvalue weighted by Gasteiger charge is -2.11. The van der Waals surface area contributed by atoms with Crippen LogP contribution in [-0.4, -0.2) is 38.9 Å². The maximum absolute atomic E-state index is 12.4. The van der Waals surface area contributed by atoms with Gasteiger partial charge in [0.05, 0.1) is 0 Å². The van der Waals surface area contributed by atoms with Crippen molar-refractivity contribution >= 4 is 17.6 Å². The molecule has 0 radical (unpaired) electrons. The lowest BCUT2D eigenvalue weighted by Crippen LogP contribution is -2.34. The average Bonchev–Trinajstić information content (AvgIpc) is 3.00. The van der Waals surface area contributed by atoms with E-state index >= 15 is 0 Å². The second kappa shape index (κ2) is 9.40. The quantitative estimate of drug-likeness (QED) is 0.615. The Labute approximate surface area is 169 Å². The number of hydrogen-bond acceptors (Lipinski definition) is 4. The SMILES string of the molecule is CC(C)NC(=O)Nc1cccc(C(=O)NCCCn2nc3n(c2=O)CCCC3)c1. The topological polar surface area (TPSA) is 110 Å². The first-order valence-electron chi connectivity index (χ1n) is 10.1. The first kappa shape index (κ1) is 20.6. The van der Waals surface area contributed by atoms with Crippen molar-refractivity contribution in [2.24, 2.45) is 0 Å². The van der Waals surface area contributed by atoms with Crippen LogP contribution in [0.2, 0.25) is 0 Å². The summed E-state index contributed by atoms with van der Waals surface area (Å²) in [5.41, 5.74) is 0.942. The zero-order valence-corrected chi connectivity index (χ0v) is 16.9. The fraction of sp³-hybridized carbons (Fsp3) is 0.500. The molecule has 0 spiro atoms. The van der Waals surface area contributed by atoms with Crippen molar-refractivity contribution in [3.8, 4) is 0 Å². The minimum Gasteiger partial charge on any atom is -0.352 e. The molecular formula is C20H28N6O3. The zero-order valence-electron chi connectivity index (χ0n) is 16.9. The van der Waals surface area contributed by atoms with Gasteiger partial charge in [0.25, 0.3) is 5.91 Å². The molecule has 0 saturated carbocycles. The summed E-state index contributed by atoms with van der Waals surface area (Å²) in [5.74, 6) is 0.630. The molecule has 29 heavy (non-hydrogen) atoms. The Morgan fingerprint density at radius 2 is 2.07 bits per heavy atom. The minimum absolute atomic E-state index is 0.0230. The van der Waals surface area contributed by atoms with Gasteiger partial charge in [-0.05, 0) is 51.3 Å². The maximum atomic E-state index is 12.4. The monoisotopic (exact) mass is 400 g/mol. The Kier molecular flexibility index (Phi) is 6.69. The molecule has 1 aromatic carbocycles. The molecule has 0 atom stereocenters. The molecule has 0 bridgehead atoms. The number of aryl methyl sites for hydroxylation is 2. The highest BCUT2D eigenvalue weighted by Gasteiger charge is 2.16. The van der Waals surface area contributed by atoms with E-state index in [2.05, 4.69) is 21.0 Å². The highest BCUT2D eigenvalue weighted by Crippen LogP contribution is 2.11. The third-order valence-corrected chi connectivity index (χ3v) is 4.67. The molecule has 3 rings (SSSR count). The van der Waals surface area contributed by atoms with Crippen molar-refractivity contribution in [2.45, 2.75) is 58.7 Å². The van der Waals surface area contributed by atoms with Crippen LogP contribution >= 0.6 is 0 Å². The summed E-state index contributed by atoms with van der Waals surface area (Å²) in [6.45, 7) is 5.38. The fourth-order valence-electron chi connectivity index (χ4n) is 3.29. The molecule has 0 aliphatic carbocycles. The summed E-state index contributed by atoms with van der Waals surface area (Å²) >= 11 is 0. The van der Waals surface area contributed by atoms with E-state index in [1.54, 1.807) is 28.8 Å². The Hall–Kier alpha value is -3.10. The number of amides is 3. The first-order valence-corrected chi connectivity index (χ1v) is 10.1. The highest BCUT2D eigenvalue weighted by atomic mass is 16.2. The normalized spacial score (nSPS) is 13.1. The molecule has 2 heterocycles. The second-order valence-corrected chi connectivity index (χ2v) is 7.47. The van der Waals surface area contributed by atoms with E-state index in [-0.39, 0.29) is 23.7 Å². The van der Waals surface area contributed by atoms with Crippen LogP contribution in [0.4, 0.5) is 10.5 Å². The predicted molar refractivity (Wildman–Crippen MR) is 110 cm³/mol. The van der Waals surface area contributed by atoms with Gasteiger partial charge in [-0.25, -0.2) is 14.3 Å². The summed E-state index contributed by atoms with van der Waals surface area (Å²) in [5, 5.41) is 12.7. The number of benzene rings is 1. The van der Waals surface area contributed by atoms with Crippen LogP contribution in [-0.2, 0) is 19.5 Å². The molecule has 156 valence electrons. The minimum atomic E-state index is -0.314. The van der Waals surface area contributed by atoms with Crippen molar-refractivity contribution in [1.82, 2.24) is 25.0 Å². The molecule has 9 nitrogen and oxygen atoms in total. The zero-order chi connectivity index (χ0) is 20.8. The lowest BCUT2D eigenvalue weighted by atomic mass is 10.2. The number of urea groups is 1. The molecule has 2 aromatic rings. The first-order chi connectivity index (χ1) is 13.9. The molecule has 0 saturated heterocycles. The number of anilines is 1. The van der Waals surface area contributed by atoms with Gasteiger partial charge in [0, 0.05) is 43.3 Å². The highest BCUT2D eigenvalue weighted by molar-refractivity contribution is 5.96. The Bertz CT molecular complexity index is 931. The van der Waals surface area contributed by atoms with Crippen molar-refractivity contribution in [2.75, 3.05) is 11.9 Å². The number of rotatable bonds is 7. The molecular weight excluding hydrogens is 372 g/mol. The van der Waals surface area contributed by atoms with Crippen LogP contribution in [0, 0.1) is 0 Å². The van der Waals surface area contributed by atoms with E-state index in [9.17, 15) is 14.4 Å². The molecule has 0 unspecified atom stereocenters. The molecule has 1 aliphatic heterocycles. The molecule has 1 aromatic heterocycles. The van der Waals surface area contributed by atoms with Crippen molar-refractivity contribution in [1.29, 1.82) is 0 Å². The molecule has 0 fully saturated rings. The number of carbonyl (C=O) groups is 2. The Balaban J connectivity index is 1.48. The second-order valence-electron chi connectivity index (χ2n) is 7.47. The van der Waals surface area contributed by atoms with Gasteiger partial charge < -0.3 is 16.0 Å². The number of fused-ring (bicyclic) bond motifs is 1. The maximum Gasteiger partial charge on any atom is 0.345 e. The number of carbonyl (C=O) groups excluding carboxylic acids is 2. The number of hydrogen-bond donors (Lipinski definition) is 3. The van der Waals surface area contributed by atoms with E-state index in [4.69, 9.17) is 0 Å². The van der Waals surface area contributed by atoms with Gasteiger partial charge in [-0.3, -0.25) is 9.36 Å². The smallest absolute Gasteiger partial charge is 0.345 e. The van der Waals surface area contributed by atoms with E-state index in [1.807, 2.05) is 13.8 Å². The van der Waals surface area contributed by atoms with Crippen molar-refractivity contribution in [3.05, 3.63) is 46.1 Å². The summed E-state index contributed by atoms with van der Waals surface area (Å²) in [6, 6.07) is 6.47. The van der Waals surface area contributed by atoms with Crippen LogP contribution in [0.15, 0.2) is 29.1 Å². The van der Waals surface area contributed by atoms with Gasteiger partial charge >= 0.3 is 11.7 Å². The van der Waals surface area contributed by atoms with Gasteiger partial charge in [-0.2, -0.15) is 5.10 Å². The van der Waals surface area contributed by atoms with E-state index in [1.165, 1.54) is 4.68 Å². The van der Waals surface area contributed by atoms with Crippen molar-refractivity contribution in [3.63, 3.8) is 0 Å². The van der Waals surface area contributed by atoms with Crippen molar-refractivity contribution < 1.29 is 9.59 Å². The number of nitrogens with one attached hydrogen (secondary N) is 3. The van der Waals surface area contributed by atoms with Crippen LogP contribution in [0.1, 0.15) is 49.3 Å². The molecule has 9 heteroatoms. The molecule has 3 N–H and O–H groups in total. The fourth-order valence-corrected chi connectivity index (χ4v) is 3.29. The third kappa shape index (κ3) is 5.46. The van der Waals surface area contributed by atoms with Gasteiger partial charge in [0.2, 0.25) is 0 Å². The predicted octanol–water partition coefficient (Wildman–Crippen LogP) is 1.73. The van der Waals surface area contributed by atoms with Gasteiger partial charge in [-0.15, -0.1) is 0 Å². The third-order valence-electron chi connectivity index (χ3n) is 4.67. The summed E-state index contributed by atoms with van der Waals surface area (Å²) in [7, 11) is 0. The Morgan fingerprint density at radius 1 is 1.24 bits per heavy atom. The molecule has 1 aliphatic rings. The number of aromatic nitrogens is 3. The standard InChI is InChI=1S/C20H28N6O3/c1-14(2)22-19(28)23-16-8-5-7-15(13-16)18(27)21-10-6-12-26-20(29)25-11-4-3-9-17(25)24-26/h5,7-8,13-14H,3-4,6,9-12H2,1-2H3,(H,21,27)(H2,22,23,28). The van der Waals surface area contributed by atoms with Gasteiger partial charge in [0.1, 0.15) is 5.82 Å².